The van der Waals surface area contributed by atoms with E-state index in [-0.39, 0.29) is 11.9 Å². The number of hydrogen-bond acceptors (Lipinski definition) is 4. The van der Waals surface area contributed by atoms with Crippen molar-refractivity contribution in [2.24, 2.45) is 0 Å². The lowest BCUT2D eigenvalue weighted by molar-refractivity contribution is 0.0676. The average Bonchev–Trinajstić information content (AvgIpc) is 3.21. The van der Waals surface area contributed by atoms with Crippen LogP contribution in [0, 0.1) is 13.8 Å². The van der Waals surface area contributed by atoms with Crippen molar-refractivity contribution in [1.82, 2.24) is 19.7 Å². The van der Waals surface area contributed by atoms with E-state index in [0.717, 1.165) is 55.3 Å². The maximum atomic E-state index is 12.9. The van der Waals surface area contributed by atoms with E-state index in [9.17, 15) is 4.79 Å². The van der Waals surface area contributed by atoms with Crippen LogP contribution in [0.4, 0.5) is 0 Å². The molecule has 1 fully saturated rings. The van der Waals surface area contributed by atoms with Gasteiger partial charge in [-0.3, -0.25) is 4.79 Å². The molecule has 2 aliphatic rings. The summed E-state index contributed by atoms with van der Waals surface area (Å²) in [6.45, 7) is 5.50. The van der Waals surface area contributed by atoms with Crippen LogP contribution in [0.5, 0.6) is 0 Å². The molecule has 122 valence electrons. The van der Waals surface area contributed by atoms with Crippen molar-refractivity contribution in [3.05, 3.63) is 33.0 Å². The second-order valence-electron chi connectivity index (χ2n) is 6.61. The van der Waals surface area contributed by atoms with E-state index in [2.05, 4.69) is 16.1 Å². The Labute approximate surface area is 140 Å². The van der Waals surface area contributed by atoms with Gasteiger partial charge in [0.1, 0.15) is 11.6 Å². The van der Waals surface area contributed by atoms with E-state index in [1.807, 2.05) is 23.4 Å². The molecule has 0 radical (unpaired) electrons. The van der Waals surface area contributed by atoms with Gasteiger partial charge in [0.25, 0.3) is 5.91 Å². The lowest BCUT2D eigenvalue weighted by Crippen LogP contribution is -2.41. The highest BCUT2D eigenvalue weighted by Crippen LogP contribution is 2.32. The van der Waals surface area contributed by atoms with Crippen molar-refractivity contribution >= 4 is 17.2 Å². The van der Waals surface area contributed by atoms with Gasteiger partial charge in [0.15, 0.2) is 0 Å². The quantitative estimate of drug-likeness (QED) is 0.851. The predicted octanol–water partition coefficient (Wildman–Crippen LogP) is 2.92. The van der Waals surface area contributed by atoms with Crippen molar-refractivity contribution in [2.45, 2.75) is 52.0 Å². The fourth-order valence-electron chi connectivity index (χ4n) is 3.81. The molecule has 23 heavy (non-hydrogen) atoms. The van der Waals surface area contributed by atoms with E-state index >= 15 is 0 Å². The summed E-state index contributed by atoms with van der Waals surface area (Å²) in [6.07, 6.45) is 5.62. The first kappa shape index (κ1) is 14.9. The summed E-state index contributed by atoms with van der Waals surface area (Å²) in [5.74, 6) is 1.95. The van der Waals surface area contributed by atoms with Gasteiger partial charge in [-0.1, -0.05) is 0 Å². The molecule has 6 heteroatoms. The summed E-state index contributed by atoms with van der Waals surface area (Å²) in [5.41, 5.74) is 1.40. The highest BCUT2D eigenvalue weighted by molar-refractivity contribution is 7.14. The first-order valence-corrected chi connectivity index (χ1v) is 9.24. The Hall–Kier alpha value is -1.69. The van der Waals surface area contributed by atoms with Gasteiger partial charge >= 0.3 is 0 Å². The van der Waals surface area contributed by atoms with Crippen molar-refractivity contribution in [3.8, 4) is 0 Å². The molecule has 0 bridgehead atoms. The first-order valence-electron chi connectivity index (χ1n) is 8.42. The lowest BCUT2D eigenvalue weighted by atomic mass is 10.1. The normalized spacial score (nSPS) is 20.8. The van der Waals surface area contributed by atoms with E-state index in [4.69, 9.17) is 0 Å². The Morgan fingerprint density at radius 3 is 2.91 bits per heavy atom. The number of rotatable bonds is 2. The molecule has 0 N–H and O–H groups in total. The number of thiophene rings is 1. The van der Waals surface area contributed by atoms with Crippen LogP contribution < -0.4 is 0 Å². The summed E-state index contributed by atoms with van der Waals surface area (Å²) in [4.78, 5) is 21.6. The SMILES string of the molecule is Cc1nc(C)n([C@@H]2CCCN(C(=O)c3cc4c(s3)CCC4)C2)n1. The predicted molar refractivity (Wildman–Crippen MR) is 90.0 cm³/mol. The zero-order chi connectivity index (χ0) is 16.0. The molecule has 1 amide bonds. The number of carbonyl (C=O) groups is 1. The van der Waals surface area contributed by atoms with E-state index in [1.54, 1.807) is 11.3 Å². The molecule has 1 saturated heterocycles. The molecular formula is C17H22N4OS. The maximum Gasteiger partial charge on any atom is 0.264 e. The van der Waals surface area contributed by atoms with Gasteiger partial charge in [0, 0.05) is 18.0 Å². The Bertz CT molecular complexity index is 726. The van der Waals surface area contributed by atoms with Gasteiger partial charge in [-0.05, 0) is 57.6 Å². The van der Waals surface area contributed by atoms with Crippen LogP contribution in [0.1, 0.15) is 57.1 Å². The second-order valence-corrected chi connectivity index (χ2v) is 7.75. The largest absolute Gasteiger partial charge is 0.336 e. The van der Waals surface area contributed by atoms with Crippen LogP contribution in [-0.2, 0) is 12.8 Å². The van der Waals surface area contributed by atoms with Gasteiger partial charge < -0.3 is 4.90 Å². The summed E-state index contributed by atoms with van der Waals surface area (Å²) >= 11 is 1.70. The number of piperidine rings is 1. The minimum Gasteiger partial charge on any atom is -0.336 e. The van der Waals surface area contributed by atoms with E-state index in [1.165, 1.54) is 16.9 Å². The topological polar surface area (TPSA) is 51.0 Å². The monoisotopic (exact) mass is 330 g/mol. The summed E-state index contributed by atoms with van der Waals surface area (Å²) < 4.78 is 2.00. The van der Waals surface area contributed by atoms with Crippen molar-refractivity contribution < 1.29 is 4.79 Å². The molecule has 4 rings (SSSR count). The molecule has 0 aromatic carbocycles. The number of likely N-dealkylation sites (tertiary alicyclic amines) is 1. The molecular weight excluding hydrogens is 308 g/mol. The van der Waals surface area contributed by atoms with Crippen LogP contribution in [0.15, 0.2) is 6.07 Å². The molecule has 0 unspecified atom stereocenters. The van der Waals surface area contributed by atoms with Crippen molar-refractivity contribution in [2.75, 3.05) is 13.1 Å². The smallest absolute Gasteiger partial charge is 0.264 e. The lowest BCUT2D eigenvalue weighted by Gasteiger charge is -2.32. The molecule has 5 nitrogen and oxygen atoms in total. The molecule has 2 aromatic heterocycles. The van der Waals surface area contributed by atoms with E-state index in [0.29, 0.717) is 0 Å². The molecule has 2 aromatic rings. The number of amides is 1. The number of aryl methyl sites for hydroxylation is 4. The van der Waals surface area contributed by atoms with Crippen molar-refractivity contribution in [3.63, 3.8) is 0 Å². The third kappa shape index (κ3) is 2.69. The number of nitrogens with zero attached hydrogens (tertiary/aromatic N) is 4. The van der Waals surface area contributed by atoms with Crippen LogP contribution in [0.2, 0.25) is 0 Å². The van der Waals surface area contributed by atoms with E-state index < -0.39 is 0 Å². The van der Waals surface area contributed by atoms with Gasteiger partial charge in [-0.15, -0.1) is 11.3 Å². The Balaban J connectivity index is 1.52. The Kier molecular flexibility index (Phi) is 3.71. The number of carbonyl (C=O) groups excluding carboxylic acids is 1. The minimum absolute atomic E-state index is 0.198. The van der Waals surface area contributed by atoms with Gasteiger partial charge in [-0.25, -0.2) is 9.67 Å². The van der Waals surface area contributed by atoms with Gasteiger partial charge in [0.05, 0.1) is 10.9 Å². The number of hydrogen-bond donors (Lipinski definition) is 0. The Morgan fingerprint density at radius 1 is 1.30 bits per heavy atom. The molecule has 3 heterocycles. The summed E-state index contributed by atoms with van der Waals surface area (Å²) in [5, 5.41) is 4.51. The summed E-state index contributed by atoms with van der Waals surface area (Å²) in [6, 6.07) is 2.38. The average molecular weight is 330 g/mol. The van der Waals surface area contributed by atoms with Crippen LogP contribution in [0.3, 0.4) is 0 Å². The molecule has 1 aliphatic carbocycles. The van der Waals surface area contributed by atoms with Crippen LogP contribution >= 0.6 is 11.3 Å². The fraction of sp³-hybridized carbons (Fsp3) is 0.588. The number of fused-ring (bicyclic) bond motifs is 1. The zero-order valence-corrected chi connectivity index (χ0v) is 14.5. The highest BCUT2D eigenvalue weighted by Gasteiger charge is 2.29. The Morgan fingerprint density at radius 2 is 2.17 bits per heavy atom. The van der Waals surface area contributed by atoms with Crippen LogP contribution in [0.25, 0.3) is 0 Å². The van der Waals surface area contributed by atoms with Gasteiger partial charge in [-0.2, -0.15) is 5.10 Å². The summed E-state index contributed by atoms with van der Waals surface area (Å²) in [7, 11) is 0. The standard InChI is InChI=1S/C17H22N4OS/c1-11-18-12(2)21(19-11)14-6-4-8-20(10-14)17(22)16-9-13-5-3-7-15(13)23-16/h9,14H,3-8,10H2,1-2H3/t14-/m1/s1. The third-order valence-corrected chi connectivity index (χ3v) is 6.12. The zero-order valence-electron chi connectivity index (χ0n) is 13.7. The highest BCUT2D eigenvalue weighted by atomic mass is 32.1. The third-order valence-electron chi connectivity index (χ3n) is 4.89. The first-order chi connectivity index (χ1) is 11.1. The maximum absolute atomic E-state index is 12.9. The molecule has 0 spiro atoms. The molecule has 1 atom stereocenters. The van der Waals surface area contributed by atoms with Crippen molar-refractivity contribution in [1.29, 1.82) is 0 Å². The number of aromatic nitrogens is 3. The van der Waals surface area contributed by atoms with Gasteiger partial charge in [0.2, 0.25) is 0 Å². The molecule has 1 aliphatic heterocycles. The fourth-order valence-corrected chi connectivity index (χ4v) is 5.03. The van der Waals surface area contributed by atoms with Crippen LogP contribution in [-0.4, -0.2) is 38.7 Å². The second kappa shape index (κ2) is 5.74. The minimum atomic E-state index is 0.198. The molecule has 0 saturated carbocycles.